The van der Waals surface area contributed by atoms with E-state index in [1.807, 2.05) is 17.5 Å². The molecule has 1 unspecified atom stereocenters. The van der Waals surface area contributed by atoms with E-state index in [0.717, 1.165) is 4.88 Å². The second kappa shape index (κ2) is 5.79. The molecule has 1 aromatic heterocycles. The van der Waals surface area contributed by atoms with Gasteiger partial charge in [0.2, 0.25) is 5.91 Å². The van der Waals surface area contributed by atoms with E-state index in [-0.39, 0.29) is 19.1 Å². The highest BCUT2D eigenvalue weighted by molar-refractivity contribution is 7.10. The Morgan fingerprint density at radius 1 is 1.69 bits per heavy atom. The zero-order valence-corrected chi connectivity index (χ0v) is 9.83. The van der Waals surface area contributed by atoms with Crippen LogP contribution in [0.25, 0.3) is 6.08 Å². The van der Waals surface area contributed by atoms with Gasteiger partial charge in [-0.2, -0.15) is 0 Å². The number of carbonyl (C=O) groups excluding carboxylic acids is 1. The third-order valence-corrected chi connectivity index (χ3v) is 2.76. The molecule has 0 aliphatic carbocycles. The minimum Gasteiger partial charge on any atom is -0.393 e. The van der Waals surface area contributed by atoms with E-state index in [2.05, 4.69) is 5.32 Å². The summed E-state index contributed by atoms with van der Waals surface area (Å²) in [6.07, 6.45) is 3.10. The summed E-state index contributed by atoms with van der Waals surface area (Å²) in [5, 5.41) is 22.6. The Labute approximate surface area is 98.2 Å². The predicted octanol–water partition coefficient (Wildman–Crippen LogP) is 0.621. The topological polar surface area (TPSA) is 69.6 Å². The maximum atomic E-state index is 11.3. The summed E-state index contributed by atoms with van der Waals surface area (Å²) in [6, 6.07) is 3.80. The molecule has 0 bridgehead atoms. The number of carbonyl (C=O) groups is 1. The van der Waals surface area contributed by atoms with Crippen LogP contribution >= 0.6 is 11.3 Å². The van der Waals surface area contributed by atoms with Gasteiger partial charge in [-0.25, -0.2) is 0 Å². The molecular formula is C11H15NO3S. The average Bonchev–Trinajstić information content (AvgIpc) is 2.76. The molecule has 0 saturated carbocycles. The van der Waals surface area contributed by atoms with Crippen LogP contribution in [0.5, 0.6) is 0 Å². The van der Waals surface area contributed by atoms with Gasteiger partial charge in [-0.15, -0.1) is 11.3 Å². The largest absolute Gasteiger partial charge is 0.393 e. The molecule has 1 amide bonds. The number of rotatable bonds is 5. The molecule has 1 heterocycles. The Bertz CT molecular complexity index is 357. The van der Waals surface area contributed by atoms with Gasteiger partial charge in [0.25, 0.3) is 0 Å². The normalized spacial score (nSPS) is 14.9. The lowest BCUT2D eigenvalue weighted by molar-refractivity contribution is -0.117. The zero-order chi connectivity index (χ0) is 12.0. The maximum Gasteiger partial charge on any atom is 0.244 e. The van der Waals surface area contributed by atoms with Crippen molar-refractivity contribution in [2.24, 2.45) is 0 Å². The summed E-state index contributed by atoms with van der Waals surface area (Å²) in [7, 11) is 0. The predicted molar refractivity (Wildman–Crippen MR) is 64.1 cm³/mol. The van der Waals surface area contributed by atoms with E-state index in [1.54, 1.807) is 6.08 Å². The third kappa shape index (κ3) is 4.57. The Morgan fingerprint density at radius 3 is 3.00 bits per heavy atom. The molecule has 16 heavy (non-hydrogen) atoms. The molecule has 5 heteroatoms. The number of hydrogen-bond acceptors (Lipinski definition) is 4. The van der Waals surface area contributed by atoms with Crippen LogP contribution < -0.4 is 5.32 Å². The van der Waals surface area contributed by atoms with Gasteiger partial charge < -0.3 is 15.5 Å². The van der Waals surface area contributed by atoms with Crippen LogP contribution in [-0.2, 0) is 4.79 Å². The number of nitrogens with one attached hydrogen (secondary N) is 1. The Morgan fingerprint density at radius 2 is 2.44 bits per heavy atom. The quantitative estimate of drug-likeness (QED) is 0.662. The van der Waals surface area contributed by atoms with Crippen molar-refractivity contribution in [3.05, 3.63) is 28.5 Å². The smallest absolute Gasteiger partial charge is 0.244 e. The molecule has 0 aliphatic heterocycles. The van der Waals surface area contributed by atoms with Crippen molar-refractivity contribution < 1.29 is 15.0 Å². The van der Waals surface area contributed by atoms with Gasteiger partial charge in [-0.05, 0) is 24.4 Å². The summed E-state index contributed by atoms with van der Waals surface area (Å²) in [5.74, 6) is -0.290. The van der Waals surface area contributed by atoms with E-state index < -0.39 is 5.60 Å². The molecule has 0 fully saturated rings. The Hall–Kier alpha value is -1.17. The standard InChI is InChI=1S/C11H15NO3S/c1-11(15,8-13)7-12-10(14)5-4-9-3-2-6-16-9/h2-6,13,15H,7-8H2,1H3,(H,12,14). The van der Waals surface area contributed by atoms with Crippen LogP contribution in [0.15, 0.2) is 23.6 Å². The first-order valence-electron chi connectivity index (χ1n) is 4.86. The SMILES string of the molecule is CC(O)(CO)CNC(=O)C=Cc1cccs1. The van der Waals surface area contributed by atoms with E-state index >= 15 is 0 Å². The molecule has 0 spiro atoms. The molecule has 0 aliphatic rings. The highest BCUT2D eigenvalue weighted by Gasteiger charge is 2.18. The van der Waals surface area contributed by atoms with Crippen LogP contribution in [-0.4, -0.2) is 34.9 Å². The third-order valence-electron chi connectivity index (χ3n) is 1.93. The van der Waals surface area contributed by atoms with Crippen LogP contribution in [0.1, 0.15) is 11.8 Å². The lowest BCUT2D eigenvalue weighted by atomic mass is 10.1. The van der Waals surface area contributed by atoms with E-state index in [0.29, 0.717) is 0 Å². The highest BCUT2D eigenvalue weighted by Crippen LogP contribution is 2.09. The summed E-state index contributed by atoms with van der Waals surface area (Å²) < 4.78 is 0. The van der Waals surface area contributed by atoms with Crippen molar-refractivity contribution in [3.8, 4) is 0 Å². The summed E-state index contributed by atoms with van der Waals surface area (Å²) in [6.45, 7) is 1.09. The van der Waals surface area contributed by atoms with Gasteiger partial charge in [0.1, 0.15) is 5.60 Å². The summed E-state index contributed by atoms with van der Waals surface area (Å²) in [4.78, 5) is 12.3. The molecule has 0 saturated heterocycles. The van der Waals surface area contributed by atoms with Crippen LogP contribution in [0.2, 0.25) is 0 Å². The molecule has 3 N–H and O–H groups in total. The van der Waals surface area contributed by atoms with Gasteiger partial charge in [-0.1, -0.05) is 6.07 Å². The van der Waals surface area contributed by atoms with Crippen molar-refractivity contribution in [2.45, 2.75) is 12.5 Å². The maximum absolute atomic E-state index is 11.3. The van der Waals surface area contributed by atoms with Gasteiger partial charge in [0.05, 0.1) is 6.61 Å². The van der Waals surface area contributed by atoms with Crippen molar-refractivity contribution in [1.29, 1.82) is 0 Å². The fourth-order valence-electron chi connectivity index (χ4n) is 0.936. The van der Waals surface area contributed by atoms with Crippen molar-refractivity contribution in [1.82, 2.24) is 5.32 Å². The first-order valence-corrected chi connectivity index (χ1v) is 5.74. The minimum atomic E-state index is -1.27. The molecule has 1 atom stereocenters. The van der Waals surface area contributed by atoms with Crippen molar-refractivity contribution >= 4 is 23.3 Å². The van der Waals surface area contributed by atoms with E-state index in [1.165, 1.54) is 24.3 Å². The molecule has 88 valence electrons. The molecule has 1 rings (SSSR count). The molecule has 0 radical (unpaired) electrons. The van der Waals surface area contributed by atoms with E-state index in [9.17, 15) is 9.90 Å². The first-order chi connectivity index (χ1) is 7.53. The summed E-state index contributed by atoms with van der Waals surface area (Å²) in [5.41, 5.74) is -1.27. The second-order valence-electron chi connectivity index (χ2n) is 3.72. The lowest BCUT2D eigenvalue weighted by Crippen LogP contribution is -2.42. The fraction of sp³-hybridized carbons (Fsp3) is 0.364. The van der Waals surface area contributed by atoms with Gasteiger partial charge in [-0.3, -0.25) is 4.79 Å². The average molecular weight is 241 g/mol. The Balaban J connectivity index is 2.37. The Kier molecular flexibility index (Phi) is 4.67. The number of amides is 1. The van der Waals surface area contributed by atoms with Crippen LogP contribution in [0.3, 0.4) is 0 Å². The van der Waals surface area contributed by atoms with Crippen LogP contribution in [0.4, 0.5) is 0 Å². The minimum absolute atomic E-state index is 0.0249. The van der Waals surface area contributed by atoms with Gasteiger partial charge in [0, 0.05) is 17.5 Å². The monoisotopic (exact) mass is 241 g/mol. The molecule has 4 nitrogen and oxygen atoms in total. The van der Waals surface area contributed by atoms with Crippen molar-refractivity contribution in [2.75, 3.05) is 13.2 Å². The first kappa shape index (κ1) is 12.9. The zero-order valence-electron chi connectivity index (χ0n) is 9.01. The fourth-order valence-corrected chi connectivity index (χ4v) is 1.55. The molecule has 0 aromatic carbocycles. The number of aliphatic hydroxyl groups excluding tert-OH is 1. The number of aliphatic hydroxyl groups is 2. The van der Waals surface area contributed by atoms with Gasteiger partial charge >= 0.3 is 0 Å². The highest BCUT2D eigenvalue weighted by atomic mass is 32.1. The second-order valence-corrected chi connectivity index (χ2v) is 4.70. The van der Waals surface area contributed by atoms with Gasteiger partial charge in [0.15, 0.2) is 0 Å². The lowest BCUT2D eigenvalue weighted by Gasteiger charge is -2.19. The molecule has 1 aromatic rings. The number of thiophene rings is 1. The number of hydrogen-bond donors (Lipinski definition) is 3. The van der Waals surface area contributed by atoms with Crippen LogP contribution in [0, 0.1) is 0 Å². The van der Waals surface area contributed by atoms with Crippen molar-refractivity contribution in [3.63, 3.8) is 0 Å². The summed E-state index contributed by atoms with van der Waals surface area (Å²) >= 11 is 1.54. The molecular weight excluding hydrogens is 226 g/mol. The van der Waals surface area contributed by atoms with E-state index in [4.69, 9.17) is 5.11 Å².